The molecule has 1 aliphatic rings. The van der Waals surface area contributed by atoms with E-state index in [1.165, 1.54) is 6.92 Å². The first-order valence-electron chi connectivity index (χ1n) is 12.6. The van der Waals surface area contributed by atoms with Gasteiger partial charge in [-0.1, -0.05) is 91.0 Å². The monoisotopic (exact) mass is 524 g/mol. The number of alkyl halides is 1. The maximum Gasteiger partial charge on any atom is 0.302 e. The standard InChI is InChI=1S/C30H33FO7/c1-21(32)34-20-25(31)26-27(35-17-22-11-5-2-6-12-22)28(36-18-23-13-7-3-8-14-23)29(30(33)38-26)37-19-24-15-9-4-10-16-24/h2-16,25-30,33H,17-20H2,1H3/t25-,26+,27+,28-,29-,30?/m0/s1. The van der Waals surface area contributed by atoms with E-state index >= 15 is 4.39 Å². The molecule has 1 saturated heterocycles. The second kappa shape index (κ2) is 14.1. The molecule has 0 radical (unpaired) electrons. The van der Waals surface area contributed by atoms with E-state index in [9.17, 15) is 9.90 Å². The third-order valence-corrected chi connectivity index (χ3v) is 6.21. The van der Waals surface area contributed by atoms with Crippen LogP contribution in [0.4, 0.5) is 4.39 Å². The van der Waals surface area contributed by atoms with Gasteiger partial charge in [0.05, 0.1) is 19.8 Å². The molecule has 0 amide bonds. The Bertz CT molecular complexity index is 1100. The van der Waals surface area contributed by atoms with Crippen LogP contribution in [0.25, 0.3) is 0 Å². The highest BCUT2D eigenvalue weighted by Gasteiger charge is 2.51. The largest absolute Gasteiger partial charge is 0.463 e. The summed E-state index contributed by atoms with van der Waals surface area (Å²) in [6.07, 6.45) is -7.40. The summed E-state index contributed by atoms with van der Waals surface area (Å²) >= 11 is 0. The molecule has 0 aromatic heterocycles. The van der Waals surface area contributed by atoms with Gasteiger partial charge < -0.3 is 28.8 Å². The molecular weight excluding hydrogens is 491 g/mol. The Morgan fingerprint density at radius 1 is 0.763 bits per heavy atom. The second-order valence-electron chi connectivity index (χ2n) is 9.09. The second-order valence-corrected chi connectivity index (χ2v) is 9.09. The van der Waals surface area contributed by atoms with Crippen LogP contribution in [-0.2, 0) is 48.3 Å². The summed E-state index contributed by atoms with van der Waals surface area (Å²) in [4.78, 5) is 11.3. The summed E-state index contributed by atoms with van der Waals surface area (Å²) in [5.74, 6) is -0.619. The van der Waals surface area contributed by atoms with Crippen LogP contribution in [-0.4, -0.2) is 54.6 Å². The van der Waals surface area contributed by atoms with Crippen LogP contribution in [0.3, 0.4) is 0 Å². The van der Waals surface area contributed by atoms with Gasteiger partial charge >= 0.3 is 5.97 Å². The van der Waals surface area contributed by atoms with Crippen molar-refractivity contribution in [2.75, 3.05) is 6.61 Å². The van der Waals surface area contributed by atoms with Crippen molar-refractivity contribution < 1.29 is 38.0 Å². The van der Waals surface area contributed by atoms with Crippen LogP contribution in [0, 0.1) is 0 Å². The van der Waals surface area contributed by atoms with E-state index in [1.54, 1.807) is 0 Å². The number of ether oxygens (including phenoxy) is 5. The van der Waals surface area contributed by atoms with Crippen molar-refractivity contribution >= 4 is 5.97 Å². The van der Waals surface area contributed by atoms with E-state index in [-0.39, 0.29) is 19.8 Å². The minimum absolute atomic E-state index is 0.151. The number of aliphatic hydroxyl groups excluding tert-OH is 1. The molecule has 3 aromatic carbocycles. The lowest BCUT2D eigenvalue weighted by Gasteiger charge is -2.45. The lowest BCUT2D eigenvalue weighted by molar-refractivity contribution is -0.321. The summed E-state index contributed by atoms with van der Waals surface area (Å²) < 4.78 is 44.6. The molecule has 1 heterocycles. The van der Waals surface area contributed by atoms with Crippen molar-refractivity contribution in [2.45, 2.75) is 63.6 Å². The van der Waals surface area contributed by atoms with Crippen LogP contribution >= 0.6 is 0 Å². The maximum absolute atomic E-state index is 15.4. The molecule has 0 bridgehead atoms. The average Bonchev–Trinajstić information content (AvgIpc) is 2.95. The van der Waals surface area contributed by atoms with Gasteiger partial charge in [-0.25, -0.2) is 4.39 Å². The minimum atomic E-state index is -1.77. The van der Waals surface area contributed by atoms with Crippen LogP contribution in [0.15, 0.2) is 91.0 Å². The van der Waals surface area contributed by atoms with Gasteiger partial charge in [0, 0.05) is 6.92 Å². The lowest BCUT2D eigenvalue weighted by atomic mass is 9.95. The number of halogens is 1. The van der Waals surface area contributed by atoms with Crippen molar-refractivity contribution in [3.05, 3.63) is 108 Å². The summed E-state index contributed by atoms with van der Waals surface area (Å²) in [7, 11) is 0. The topological polar surface area (TPSA) is 83.5 Å². The highest BCUT2D eigenvalue weighted by atomic mass is 19.1. The Morgan fingerprint density at radius 3 is 1.63 bits per heavy atom. The molecule has 3 aromatic rings. The van der Waals surface area contributed by atoms with Crippen molar-refractivity contribution in [3.63, 3.8) is 0 Å². The number of hydrogen-bond donors (Lipinski definition) is 1. The summed E-state index contributed by atoms with van der Waals surface area (Å²) in [5, 5.41) is 11.0. The summed E-state index contributed by atoms with van der Waals surface area (Å²) in [5.41, 5.74) is 2.66. The van der Waals surface area contributed by atoms with Crippen molar-refractivity contribution in [2.24, 2.45) is 0 Å². The molecule has 0 spiro atoms. The predicted octanol–water partition coefficient (Wildman–Crippen LogP) is 4.36. The molecule has 8 heteroatoms. The van der Waals surface area contributed by atoms with Crippen molar-refractivity contribution in [3.8, 4) is 0 Å². The molecule has 0 aliphatic carbocycles. The number of carbonyl (C=O) groups is 1. The van der Waals surface area contributed by atoms with Gasteiger partial charge in [-0.3, -0.25) is 4.79 Å². The quantitative estimate of drug-likeness (QED) is 0.353. The first-order chi connectivity index (χ1) is 18.5. The molecule has 7 nitrogen and oxygen atoms in total. The summed E-state index contributed by atoms with van der Waals surface area (Å²) in [6.45, 7) is 1.17. The molecule has 1 fully saturated rings. The van der Waals surface area contributed by atoms with Crippen LogP contribution in [0.2, 0.25) is 0 Å². The first kappa shape index (κ1) is 27.9. The SMILES string of the molecule is CC(=O)OC[C@H](F)[C@H]1OC(O)[C@@H](OCc2ccccc2)[C@@H](OCc2ccccc2)[C@@H]1OCc1ccccc1. The van der Waals surface area contributed by atoms with Gasteiger partial charge in [0.2, 0.25) is 0 Å². The molecular formula is C30H33FO7. The van der Waals surface area contributed by atoms with E-state index < -0.39 is 49.5 Å². The zero-order valence-corrected chi connectivity index (χ0v) is 21.2. The zero-order chi connectivity index (χ0) is 26.7. The molecule has 4 rings (SSSR count). The van der Waals surface area contributed by atoms with Crippen LogP contribution in [0.1, 0.15) is 23.6 Å². The molecule has 38 heavy (non-hydrogen) atoms. The molecule has 0 saturated carbocycles. The highest BCUT2D eigenvalue weighted by Crippen LogP contribution is 2.32. The Hall–Kier alpha value is -3.14. The first-order valence-corrected chi connectivity index (χ1v) is 12.6. The van der Waals surface area contributed by atoms with Gasteiger partial charge in [0.15, 0.2) is 12.5 Å². The summed E-state index contributed by atoms with van der Waals surface area (Å²) in [6, 6.07) is 28.4. The van der Waals surface area contributed by atoms with E-state index in [0.717, 1.165) is 16.7 Å². The fourth-order valence-corrected chi connectivity index (χ4v) is 4.29. The van der Waals surface area contributed by atoms with Gasteiger partial charge in [-0.15, -0.1) is 0 Å². The number of rotatable bonds is 12. The number of carbonyl (C=O) groups excluding carboxylic acids is 1. The predicted molar refractivity (Wildman–Crippen MR) is 137 cm³/mol. The van der Waals surface area contributed by atoms with E-state index in [0.29, 0.717) is 0 Å². The number of esters is 1. The Balaban J connectivity index is 1.59. The highest BCUT2D eigenvalue weighted by molar-refractivity contribution is 5.65. The van der Waals surface area contributed by atoms with Gasteiger partial charge in [0.1, 0.15) is 31.0 Å². The minimum Gasteiger partial charge on any atom is -0.463 e. The number of aliphatic hydroxyl groups is 1. The van der Waals surface area contributed by atoms with Crippen molar-refractivity contribution in [1.82, 2.24) is 0 Å². The third kappa shape index (κ3) is 7.93. The van der Waals surface area contributed by atoms with Gasteiger partial charge in [-0.2, -0.15) is 0 Å². The molecule has 1 aliphatic heterocycles. The molecule has 202 valence electrons. The van der Waals surface area contributed by atoms with E-state index in [1.807, 2.05) is 91.0 Å². The molecule has 1 N–H and O–H groups in total. The third-order valence-electron chi connectivity index (χ3n) is 6.21. The molecule has 6 atom stereocenters. The van der Waals surface area contributed by atoms with Crippen LogP contribution < -0.4 is 0 Å². The Kier molecular flexibility index (Phi) is 10.4. The maximum atomic E-state index is 15.4. The Morgan fingerprint density at radius 2 is 1.18 bits per heavy atom. The Labute approximate surface area is 222 Å². The number of hydrogen-bond acceptors (Lipinski definition) is 7. The van der Waals surface area contributed by atoms with Crippen LogP contribution in [0.5, 0.6) is 0 Å². The molecule has 1 unspecified atom stereocenters. The normalized spacial score (nSPS) is 24.0. The zero-order valence-electron chi connectivity index (χ0n) is 21.2. The fourth-order valence-electron chi connectivity index (χ4n) is 4.29. The number of benzene rings is 3. The van der Waals surface area contributed by atoms with Gasteiger partial charge in [0.25, 0.3) is 0 Å². The average molecular weight is 525 g/mol. The lowest BCUT2D eigenvalue weighted by Crippen LogP contribution is -2.62. The smallest absolute Gasteiger partial charge is 0.302 e. The fraction of sp³-hybridized carbons (Fsp3) is 0.367. The van der Waals surface area contributed by atoms with Gasteiger partial charge in [-0.05, 0) is 16.7 Å². The van der Waals surface area contributed by atoms with E-state index in [2.05, 4.69) is 0 Å². The van der Waals surface area contributed by atoms with E-state index in [4.69, 9.17) is 23.7 Å². The van der Waals surface area contributed by atoms with Crippen molar-refractivity contribution in [1.29, 1.82) is 0 Å².